The fourth-order valence-corrected chi connectivity index (χ4v) is 3.31. The molecule has 2 aromatic carbocycles. The minimum atomic E-state index is -3.57. The van der Waals surface area contributed by atoms with Gasteiger partial charge in [-0.2, -0.15) is 0 Å². The van der Waals surface area contributed by atoms with Crippen molar-refractivity contribution in [1.82, 2.24) is 0 Å². The van der Waals surface area contributed by atoms with Crippen molar-refractivity contribution in [2.45, 2.75) is 18.7 Å². The lowest BCUT2D eigenvalue weighted by molar-refractivity contribution is 0.412. The van der Waals surface area contributed by atoms with Crippen LogP contribution in [-0.2, 0) is 10.0 Å². The number of nitrogens with one attached hydrogen (secondary N) is 1. The van der Waals surface area contributed by atoms with E-state index in [0.29, 0.717) is 11.3 Å². The number of aryl methyl sites for hydroxylation is 2. The molecule has 0 fully saturated rings. The maximum Gasteiger partial charge on any atom is 0.262 e. The van der Waals surface area contributed by atoms with Crippen molar-refractivity contribution in [3.8, 4) is 5.75 Å². The summed E-state index contributed by atoms with van der Waals surface area (Å²) in [5, 5.41) is 0. The molecule has 0 amide bonds. The predicted molar refractivity (Wildman–Crippen MR) is 79.7 cm³/mol. The van der Waals surface area contributed by atoms with Gasteiger partial charge in [0.15, 0.2) is 0 Å². The molecule has 0 saturated heterocycles. The first kappa shape index (κ1) is 14.4. The Hall–Kier alpha value is -2.01. The summed E-state index contributed by atoms with van der Waals surface area (Å²) in [4.78, 5) is 0.286. The topological polar surface area (TPSA) is 55.4 Å². The summed E-state index contributed by atoms with van der Waals surface area (Å²) >= 11 is 0. The number of ether oxygens (including phenoxy) is 1. The van der Waals surface area contributed by atoms with E-state index >= 15 is 0 Å². The Kier molecular flexibility index (Phi) is 3.99. The van der Waals surface area contributed by atoms with Crippen molar-refractivity contribution in [2.75, 3.05) is 11.8 Å². The molecule has 1 N–H and O–H groups in total. The molecule has 0 aliphatic heterocycles. The summed E-state index contributed by atoms with van der Waals surface area (Å²) in [6.45, 7) is 3.64. The Morgan fingerprint density at radius 2 is 1.70 bits per heavy atom. The quantitative estimate of drug-likeness (QED) is 0.941. The summed E-state index contributed by atoms with van der Waals surface area (Å²) in [5.74, 6) is 0.726. The molecule has 0 radical (unpaired) electrons. The maximum absolute atomic E-state index is 12.3. The van der Waals surface area contributed by atoms with Gasteiger partial charge in [0.1, 0.15) is 5.75 Å². The molecule has 2 rings (SSSR count). The van der Waals surface area contributed by atoms with Crippen LogP contribution >= 0.6 is 0 Å². The van der Waals surface area contributed by atoms with Crippen LogP contribution in [0.2, 0.25) is 0 Å². The molecule has 0 aromatic heterocycles. The number of sulfonamides is 1. The molecule has 0 bridgehead atoms. The van der Waals surface area contributed by atoms with Crippen LogP contribution in [0.3, 0.4) is 0 Å². The van der Waals surface area contributed by atoms with Gasteiger partial charge in [-0.3, -0.25) is 4.72 Å². The summed E-state index contributed by atoms with van der Waals surface area (Å²) in [5.41, 5.74) is 2.11. The zero-order chi connectivity index (χ0) is 14.8. The molecule has 0 aliphatic carbocycles. The minimum absolute atomic E-state index is 0.286. The van der Waals surface area contributed by atoms with Gasteiger partial charge < -0.3 is 4.74 Å². The first-order valence-electron chi connectivity index (χ1n) is 6.17. The van der Waals surface area contributed by atoms with E-state index in [9.17, 15) is 8.42 Å². The molecule has 0 atom stereocenters. The summed E-state index contributed by atoms with van der Waals surface area (Å²) in [6.07, 6.45) is 0. The first-order chi connectivity index (χ1) is 9.44. The van der Waals surface area contributed by atoms with Gasteiger partial charge in [0.05, 0.1) is 12.0 Å². The Morgan fingerprint density at radius 3 is 2.30 bits per heavy atom. The van der Waals surface area contributed by atoms with Crippen LogP contribution in [0.5, 0.6) is 5.75 Å². The third-order valence-electron chi connectivity index (χ3n) is 3.03. The maximum atomic E-state index is 12.3. The third kappa shape index (κ3) is 2.93. The molecule has 0 spiro atoms. The summed E-state index contributed by atoms with van der Waals surface area (Å²) in [7, 11) is -1.99. The van der Waals surface area contributed by atoms with Gasteiger partial charge in [-0.1, -0.05) is 18.2 Å². The summed E-state index contributed by atoms with van der Waals surface area (Å²) in [6, 6.07) is 12.1. The molecule has 20 heavy (non-hydrogen) atoms. The average molecular weight is 291 g/mol. The summed E-state index contributed by atoms with van der Waals surface area (Å²) < 4.78 is 32.4. The van der Waals surface area contributed by atoms with E-state index < -0.39 is 10.0 Å². The van der Waals surface area contributed by atoms with Gasteiger partial charge >= 0.3 is 0 Å². The van der Waals surface area contributed by atoms with Gasteiger partial charge in [-0.15, -0.1) is 0 Å². The zero-order valence-corrected chi connectivity index (χ0v) is 12.5. The van der Waals surface area contributed by atoms with E-state index in [1.165, 1.54) is 0 Å². The van der Waals surface area contributed by atoms with E-state index in [-0.39, 0.29) is 4.90 Å². The predicted octanol–water partition coefficient (Wildman–Crippen LogP) is 3.11. The van der Waals surface area contributed by atoms with Crippen molar-refractivity contribution in [2.24, 2.45) is 0 Å². The monoisotopic (exact) mass is 291 g/mol. The fourth-order valence-electron chi connectivity index (χ4n) is 2.01. The Morgan fingerprint density at radius 1 is 1.00 bits per heavy atom. The largest absolute Gasteiger partial charge is 0.496 e. The van der Waals surface area contributed by atoms with Crippen LogP contribution < -0.4 is 9.46 Å². The lowest BCUT2D eigenvalue weighted by Gasteiger charge is -2.12. The second kappa shape index (κ2) is 5.54. The number of methoxy groups -OCH3 is 1. The van der Waals surface area contributed by atoms with Crippen LogP contribution in [0.15, 0.2) is 47.4 Å². The second-order valence-corrected chi connectivity index (χ2v) is 6.21. The highest BCUT2D eigenvalue weighted by Crippen LogP contribution is 2.24. The van der Waals surface area contributed by atoms with E-state index in [2.05, 4.69) is 4.72 Å². The van der Waals surface area contributed by atoms with Crippen molar-refractivity contribution in [3.63, 3.8) is 0 Å². The highest BCUT2D eigenvalue weighted by atomic mass is 32.2. The average Bonchev–Trinajstić information content (AvgIpc) is 2.38. The normalized spacial score (nSPS) is 11.2. The number of hydrogen-bond donors (Lipinski definition) is 1. The van der Waals surface area contributed by atoms with Gasteiger partial charge in [-0.25, -0.2) is 8.42 Å². The van der Waals surface area contributed by atoms with E-state index in [4.69, 9.17) is 4.74 Å². The van der Waals surface area contributed by atoms with Gasteiger partial charge in [0.25, 0.3) is 10.0 Å². The van der Waals surface area contributed by atoms with Crippen LogP contribution in [0.25, 0.3) is 0 Å². The van der Waals surface area contributed by atoms with Gasteiger partial charge in [-0.05, 0) is 49.2 Å². The lowest BCUT2D eigenvalue weighted by Crippen LogP contribution is -2.14. The van der Waals surface area contributed by atoms with E-state index in [0.717, 1.165) is 11.3 Å². The third-order valence-corrected chi connectivity index (χ3v) is 4.57. The zero-order valence-electron chi connectivity index (χ0n) is 11.7. The molecule has 0 saturated carbocycles. The molecular formula is C15H17NO3S. The molecule has 0 heterocycles. The van der Waals surface area contributed by atoms with Gasteiger partial charge in [0, 0.05) is 5.69 Å². The van der Waals surface area contributed by atoms with Gasteiger partial charge in [0.2, 0.25) is 0 Å². The van der Waals surface area contributed by atoms with Crippen LogP contribution in [0, 0.1) is 13.8 Å². The van der Waals surface area contributed by atoms with E-state index in [1.54, 1.807) is 50.4 Å². The molecule has 2 aromatic rings. The minimum Gasteiger partial charge on any atom is -0.496 e. The number of rotatable bonds is 4. The Labute approximate surface area is 119 Å². The molecule has 0 aliphatic rings. The molecule has 0 unspecified atom stereocenters. The van der Waals surface area contributed by atoms with Crippen LogP contribution in [0.1, 0.15) is 11.1 Å². The molecule has 106 valence electrons. The van der Waals surface area contributed by atoms with Crippen molar-refractivity contribution >= 4 is 15.7 Å². The second-order valence-electron chi connectivity index (χ2n) is 4.56. The highest BCUT2D eigenvalue weighted by Gasteiger charge is 2.16. The fraction of sp³-hybridized carbons (Fsp3) is 0.200. The van der Waals surface area contributed by atoms with Crippen molar-refractivity contribution < 1.29 is 13.2 Å². The highest BCUT2D eigenvalue weighted by molar-refractivity contribution is 7.92. The SMILES string of the molecule is COc1ccc(NS(=O)(=O)c2ccccc2C)cc1C. The van der Waals surface area contributed by atoms with Crippen LogP contribution in [-0.4, -0.2) is 15.5 Å². The van der Waals surface area contributed by atoms with Crippen LogP contribution in [0.4, 0.5) is 5.69 Å². The standard InChI is InChI=1S/C15H17NO3S/c1-11-6-4-5-7-15(11)20(17,18)16-13-8-9-14(19-3)12(2)10-13/h4-10,16H,1-3H3. The number of hydrogen-bond acceptors (Lipinski definition) is 3. The number of benzene rings is 2. The first-order valence-corrected chi connectivity index (χ1v) is 7.65. The van der Waals surface area contributed by atoms with E-state index in [1.807, 2.05) is 13.0 Å². The number of anilines is 1. The lowest BCUT2D eigenvalue weighted by atomic mass is 10.2. The van der Waals surface area contributed by atoms with Crippen molar-refractivity contribution in [1.29, 1.82) is 0 Å². The smallest absolute Gasteiger partial charge is 0.262 e. The molecular weight excluding hydrogens is 274 g/mol. The molecule has 4 nitrogen and oxygen atoms in total. The molecule has 5 heteroatoms. The Balaban J connectivity index is 2.34. The van der Waals surface area contributed by atoms with Crippen molar-refractivity contribution in [3.05, 3.63) is 53.6 Å². The Bertz CT molecular complexity index is 724.